The average Bonchev–Trinajstić information content (AvgIpc) is 2.59. The molecular weight excluding hydrogens is 357 g/mol. The summed E-state index contributed by atoms with van der Waals surface area (Å²) in [6, 6.07) is 9.88. The lowest BCUT2D eigenvalue weighted by Crippen LogP contribution is -2.31. The molecule has 0 aromatic heterocycles. The molecule has 2 aromatic carbocycles. The standard InChI is InChI=1S/C20H21ClFNO3/c1-12-7-8-15(9-13(12)2)14(3)23-19(24)11-26-20(25)10-16-17(21)5-4-6-18(16)22/h4-9,14H,10-11H2,1-3H3,(H,23,24)/t14-/m0/s1. The molecule has 138 valence electrons. The van der Waals surface area contributed by atoms with Crippen molar-refractivity contribution in [1.29, 1.82) is 0 Å². The first-order valence-corrected chi connectivity index (χ1v) is 8.60. The quantitative estimate of drug-likeness (QED) is 0.772. The maximum absolute atomic E-state index is 13.7. The zero-order valence-corrected chi connectivity index (χ0v) is 15.7. The molecule has 1 atom stereocenters. The molecule has 0 heterocycles. The predicted molar refractivity (Wildman–Crippen MR) is 98.5 cm³/mol. The molecule has 0 aliphatic carbocycles. The summed E-state index contributed by atoms with van der Waals surface area (Å²) in [5.74, 6) is -1.73. The van der Waals surface area contributed by atoms with Crippen molar-refractivity contribution in [1.82, 2.24) is 5.32 Å². The summed E-state index contributed by atoms with van der Waals surface area (Å²) in [4.78, 5) is 23.8. The number of esters is 1. The van der Waals surface area contributed by atoms with Gasteiger partial charge >= 0.3 is 5.97 Å². The Labute approximate surface area is 157 Å². The van der Waals surface area contributed by atoms with E-state index in [1.54, 1.807) is 0 Å². The molecule has 0 bridgehead atoms. The fraction of sp³-hybridized carbons (Fsp3) is 0.300. The summed E-state index contributed by atoms with van der Waals surface area (Å²) < 4.78 is 18.6. The monoisotopic (exact) mass is 377 g/mol. The van der Waals surface area contributed by atoms with Crippen molar-refractivity contribution in [3.05, 3.63) is 69.5 Å². The van der Waals surface area contributed by atoms with Gasteiger partial charge in [-0.3, -0.25) is 9.59 Å². The lowest BCUT2D eigenvalue weighted by atomic mass is 10.0. The van der Waals surface area contributed by atoms with Gasteiger partial charge in [-0.2, -0.15) is 0 Å². The van der Waals surface area contributed by atoms with Crippen LogP contribution in [0.15, 0.2) is 36.4 Å². The molecule has 1 N–H and O–H groups in total. The highest BCUT2D eigenvalue weighted by molar-refractivity contribution is 6.31. The van der Waals surface area contributed by atoms with Crippen LogP contribution >= 0.6 is 11.6 Å². The van der Waals surface area contributed by atoms with Gasteiger partial charge in [0.2, 0.25) is 0 Å². The molecule has 0 aliphatic heterocycles. The highest BCUT2D eigenvalue weighted by Gasteiger charge is 2.15. The molecule has 0 radical (unpaired) electrons. The number of benzene rings is 2. The van der Waals surface area contributed by atoms with Crippen molar-refractivity contribution in [2.24, 2.45) is 0 Å². The van der Waals surface area contributed by atoms with E-state index in [-0.39, 0.29) is 23.0 Å². The minimum atomic E-state index is -0.717. The summed E-state index contributed by atoms with van der Waals surface area (Å²) in [6.45, 7) is 5.44. The Kier molecular flexibility index (Phi) is 6.75. The Morgan fingerprint density at radius 1 is 1.19 bits per heavy atom. The van der Waals surface area contributed by atoms with Gasteiger partial charge in [-0.15, -0.1) is 0 Å². The van der Waals surface area contributed by atoms with Gasteiger partial charge in [-0.1, -0.05) is 35.9 Å². The number of rotatable bonds is 6. The van der Waals surface area contributed by atoms with Crippen molar-refractivity contribution in [3.63, 3.8) is 0 Å². The van der Waals surface area contributed by atoms with Crippen LogP contribution in [-0.4, -0.2) is 18.5 Å². The van der Waals surface area contributed by atoms with Gasteiger partial charge in [0.15, 0.2) is 6.61 Å². The average molecular weight is 378 g/mol. The number of nitrogens with one attached hydrogen (secondary N) is 1. The van der Waals surface area contributed by atoms with Crippen LogP contribution in [0, 0.1) is 19.7 Å². The SMILES string of the molecule is Cc1ccc([C@H](C)NC(=O)COC(=O)Cc2c(F)cccc2Cl)cc1C. The Morgan fingerprint density at radius 2 is 1.92 bits per heavy atom. The normalized spacial score (nSPS) is 11.7. The molecule has 1 amide bonds. The van der Waals surface area contributed by atoms with Gasteiger partial charge in [-0.05, 0) is 49.6 Å². The number of halogens is 2. The summed E-state index contributed by atoms with van der Waals surface area (Å²) in [5, 5.41) is 2.92. The second kappa shape index (κ2) is 8.81. The van der Waals surface area contributed by atoms with Crippen molar-refractivity contribution < 1.29 is 18.7 Å². The summed E-state index contributed by atoms with van der Waals surface area (Å²) in [6.07, 6.45) is -0.328. The highest BCUT2D eigenvalue weighted by Crippen LogP contribution is 2.20. The Bertz CT molecular complexity index is 802. The van der Waals surface area contributed by atoms with Crippen LogP contribution in [0.5, 0.6) is 0 Å². The van der Waals surface area contributed by atoms with E-state index in [9.17, 15) is 14.0 Å². The smallest absolute Gasteiger partial charge is 0.310 e. The van der Waals surface area contributed by atoms with E-state index in [1.165, 1.54) is 23.8 Å². The zero-order chi connectivity index (χ0) is 19.3. The van der Waals surface area contributed by atoms with E-state index in [4.69, 9.17) is 16.3 Å². The first-order chi connectivity index (χ1) is 12.3. The van der Waals surface area contributed by atoms with Gasteiger partial charge < -0.3 is 10.1 Å². The van der Waals surface area contributed by atoms with E-state index in [0.29, 0.717) is 0 Å². The Morgan fingerprint density at radius 3 is 2.58 bits per heavy atom. The van der Waals surface area contributed by atoms with Crippen LogP contribution in [0.3, 0.4) is 0 Å². The van der Waals surface area contributed by atoms with E-state index < -0.39 is 24.3 Å². The lowest BCUT2D eigenvalue weighted by Gasteiger charge is -2.16. The van der Waals surface area contributed by atoms with Crippen LogP contribution in [0.4, 0.5) is 4.39 Å². The topological polar surface area (TPSA) is 55.4 Å². The second-order valence-corrected chi connectivity index (χ2v) is 6.58. The molecule has 0 fully saturated rings. The van der Waals surface area contributed by atoms with Crippen LogP contribution in [-0.2, 0) is 20.7 Å². The molecular formula is C20H21ClFNO3. The number of carbonyl (C=O) groups is 2. The summed E-state index contributed by atoms with van der Waals surface area (Å²) in [7, 11) is 0. The van der Waals surface area contributed by atoms with Gasteiger partial charge in [0.25, 0.3) is 5.91 Å². The lowest BCUT2D eigenvalue weighted by molar-refractivity contribution is -0.148. The number of amides is 1. The van der Waals surface area contributed by atoms with Crippen LogP contribution < -0.4 is 5.32 Å². The third kappa shape index (κ3) is 5.30. The molecule has 0 spiro atoms. The fourth-order valence-electron chi connectivity index (χ4n) is 2.44. The van der Waals surface area contributed by atoms with Gasteiger partial charge in [0.05, 0.1) is 12.5 Å². The molecule has 4 nitrogen and oxygen atoms in total. The van der Waals surface area contributed by atoms with E-state index in [0.717, 1.165) is 11.1 Å². The Hall–Kier alpha value is -2.40. The van der Waals surface area contributed by atoms with Crippen molar-refractivity contribution in [2.75, 3.05) is 6.61 Å². The van der Waals surface area contributed by atoms with Gasteiger partial charge in [0, 0.05) is 10.6 Å². The number of hydrogen-bond donors (Lipinski definition) is 1. The van der Waals surface area contributed by atoms with Crippen LogP contribution in [0.2, 0.25) is 5.02 Å². The largest absolute Gasteiger partial charge is 0.455 e. The molecule has 6 heteroatoms. The molecule has 0 saturated heterocycles. The van der Waals surface area contributed by atoms with E-state index in [1.807, 2.05) is 39.0 Å². The highest BCUT2D eigenvalue weighted by atomic mass is 35.5. The summed E-state index contributed by atoms with van der Waals surface area (Å²) in [5.41, 5.74) is 3.33. The minimum Gasteiger partial charge on any atom is -0.455 e. The van der Waals surface area contributed by atoms with Crippen molar-refractivity contribution >= 4 is 23.5 Å². The maximum Gasteiger partial charge on any atom is 0.310 e. The zero-order valence-electron chi connectivity index (χ0n) is 14.9. The number of hydrogen-bond acceptors (Lipinski definition) is 3. The van der Waals surface area contributed by atoms with Crippen molar-refractivity contribution in [3.8, 4) is 0 Å². The van der Waals surface area contributed by atoms with Gasteiger partial charge in [0.1, 0.15) is 5.82 Å². The number of carbonyl (C=O) groups excluding carboxylic acids is 2. The van der Waals surface area contributed by atoms with E-state index in [2.05, 4.69) is 5.32 Å². The van der Waals surface area contributed by atoms with Gasteiger partial charge in [-0.25, -0.2) is 4.39 Å². The molecule has 26 heavy (non-hydrogen) atoms. The fourth-order valence-corrected chi connectivity index (χ4v) is 2.67. The first-order valence-electron chi connectivity index (χ1n) is 8.23. The molecule has 2 aromatic rings. The minimum absolute atomic E-state index is 0.0584. The Balaban J connectivity index is 1.86. The molecule has 0 aliphatic rings. The predicted octanol–water partition coefficient (Wildman–Crippen LogP) is 4.06. The van der Waals surface area contributed by atoms with E-state index >= 15 is 0 Å². The maximum atomic E-state index is 13.7. The summed E-state index contributed by atoms with van der Waals surface area (Å²) >= 11 is 5.87. The molecule has 0 saturated carbocycles. The van der Waals surface area contributed by atoms with Crippen LogP contribution in [0.1, 0.15) is 35.2 Å². The number of ether oxygens (including phenoxy) is 1. The van der Waals surface area contributed by atoms with Crippen molar-refractivity contribution in [2.45, 2.75) is 33.2 Å². The van der Waals surface area contributed by atoms with Crippen LogP contribution in [0.25, 0.3) is 0 Å². The molecule has 0 unspecified atom stereocenters. The third-order valence-electron chi connectivity index (χ3n) is 4.16. The third-order valence-corrected chi connectivity index (χ3v) is 4.51. The first kappa shape index (κ1) is 19.9. The number of aryl methyl sites for hydroxylation is 2. The molecule has 2 rings (SSSR count). The second-order valence-electron chi connectivity index (χ2n) is 6.17.